The van der Waals surface area contributed by atoms with Crippen molar-refractivity contribution < 1.29 is 42.0 Å². The first-order valence-electron chi connectivity index (χ1n) is 17.2. The molecule has 13 heteroatoms. The molecule has 4 amide bonds. The Morgan fingerprint density at radius 2 is 1.57 bits per heavy atom. The first-order valence-corrected chi connectivity index (χ1v) is 18.8. The average molecular weight is 724 g/mol. The standard InChI is InChI=1S/C38H49N3O9S/c1-8-41-30-23-31-29(22-28(30)25(2)24-38(41,6)7)26(21-32(50-31)37(3,4)5)15-11-12-16-27-34(44)39(18-13-9-10-17-33(42)43)36(46)40(35(27)45)19-14-20-51(47,48)49/h11-12,15-16,21-24H,8-10,13-14,17-20H2,1-7H3,(H,42,43)(H,47,48,49)/b12-11+,26-15+,27-16+. The third kappa shape index (κ3) is 9.25. The molecule has 0 atom stereocenters. The van der Waals surface area contributed by atoms with Crippen molar-refractivity contribution in [3.8, 4) is 5.75 Å². The monoisotopic (exact) mass is 723 g/mol. The molecule has 1 aromatic rings. The maximum Gasteiger partial charge on any atom is 0.333 e. The number of urea groups is 1. The highest BCUT2D eigenvalue weighted by atomic mass is 32.2. The van der Waals surface area contributed by atoms with Crippen LogP contribution in [-0.4, -0.2) is 82.6 Å². The van der Waals surface area contributed by atoms with E-state index in [1.165, 1.54) is 6.08 Å². The SMILES string of the molecule is CCN1c2cc3c(cc2C(C)=CC1(C)C)/C(=C/C=C/C=C1\C(=O)N(CCCCCC(=O)O)C(=O)N(CCCS(=O)(=O)O)C1=O)C=C(C(C)(C)C)O3. The number of rotatable bonds is 13. The predicted octanol–water partition coefficient (Wildman–Crippen LogP) is 6.61. The second-order valence-electron chi connectivity index (χ2n) is 14.6. The van der Waals surface area contributed by atoms with Crippen LogP contribution in [0.15, 0.2) is 59.9 Å². The molecule has 3 aliphatic rings. The van der Waals surface area contributed by atoms with E-state index in [4.69, 9.17) is 14.4 Å². The van der Waals surface area contributed by atoms with Gasteiger partial charge < -0.3 is 14.7 Å². The molecule has 3 aliphatic heterocycles. The first-order chi connectivity index (χ1) is 23.7. The Labute approximate surface area is 300 Å². The van der Waals surface area contributed by atoms with Crippen LogP contribution >= 0.6 is 0 Å². The van der Waals surface area contributed by atoms with E-state index in [9.17, 15) is 27.6 Å². The number of aliphatic carboxylic acids is 1. The number of benzene rings is 1. The lowest BCUT2D eigenvalue weighted by atomic mass is 9.85. The number of carboxylic acid groups (broad SMARTS) is 1. The van der Waals surface area contributed by atoms with Gasteiger partial charge in [0.05, 0.1) is 11.3 Å². The Kier molecular flexibility index (Phi) is 11.9. The molecular formula is C38H49N3O9S. The van der Waals surface area contributed by atoms with Crippen molar-refractivity contribution in [2.75, 3.05) is 30.3 Å². The van der Waals surface area contributed by atoms with E-state index < -0.39 is 39.7 Å². The summed E-state index contributed by atoms with van der Waals surface area (Å²) >= 11 is 0. The number of ether oxygens (including phenoxy) is 1. The number of hydrogen-bond acceptors (Lipinski definition) is 8. The summed E-state index contributed by atoms with van der Waals surface area (Å²) < 4.78 is 38.2. The van der Waals surface area contributed by atoms with E-state index >= 15 is 0 Å². The fraction of sp³-hybridized carbons (Fsp3) is 0.474. The van der Waals surface area contributed by atoms with E-state index in [0.717, 1.165) is 55.8 Å². The minimum atomic E-state index is -4.33. The zero-order valence-electron chi connectivity index (χ0n) is 30.5. The van der Waals surface area contributed by atoms with Gasteiger partial charge in [-0.1, -0.05) is 51.5 Å². The topological polar surface area (TPSA) is 162 Å². The van der Waals surface area contributed by atoms with E-state index in [0.29, 0.717) is 19.3 Å². The Morgan fingerprint density at radius 3 is 2.16 bits per heavy atom. The number of allylic oxidation sites excluding steroid dienone is 8. The van der Waals surface area contributed by atoms with Crippen molar-refractivity contribution in [2.45, 2.75) is 86.1 Å². The lowest BCUT2D eigenvalue weighted by Gasteiger charge is -2.43. The molecule has 4 rings (SSSR count). The van der Waals surface area contributed by atoms with Gasteiger partial charge in [-0.15, -0.1) is 0 Å². The molecule has 1 saturated heterocycles. The number of hydrogen-bond donors (Lipinski definition) is 2. The van der Waals surface area contributed by atoms with Crippen molar-refractivity contribution in [3.05, 3.63) is 71.0 Å². The summed E-state index contributed by atoms with van der Waals surface area (Å²) in [4.78, 5) is 55.0. The van der Waals surface area contributed by atoms with Gasteiger partial charge in [-0.25, -0.2) is 4.79 Å². The summed E-state index contributed by atoms with van der Waals surface area (Å²) in [7, 11) is -4.33. The van der Waals surface area contributed by atoms with E-state index in [1.807, 2.05) is 12.2 Å². The largest absolute Gasteiger partial charge is 0.481 e. The number of unbranched alkanes of at least 4 members (excludes halogenated alkanes) is 2. The van der Waals surface area contributed by atoms with Crippen LogP contribution in [0.4, 0.5) is 10.5 Å². The molecule has 3 heterocycles. The van der Waals surface area contributed by atoms with Gasteiger partial charge in [-0.3, -0.25) is 28.7 Å². The van der Waals surface area contributed by atoms with Crippen LogP contribution in [0.25, 0.3) is 11.1 Å². The quantitative estimate of drug-likeness (QED) is 0.0981. The van der Waals surface area contributed by atoms with Crippen molar-refractivity contribution in [1.82, 2.24) is 9.80 Å². The van der Waals surface area contributed by atoms with Gasteiger partial charge in [0.15, 0.2) is 0 Å². The Hall–Kier alpha value is -4.49. The first kappa shape index (κ1) is 39.3. The predicted molar refractivity (Wildman–Crippen MR) is 197 cm³/mol. The summed E-state index contributed by atoms with van der Waals surface area (Å²) in [6, 6.07) is 3.33. The molecule has 0 aliphatic carbocycles. The number of imide groups is 2. The van der Waals surface area contributed by atoms with Gasteiger partial charge in [-0.2, -0.15) is 8.42 Å². The highest BCUT2D eigenvalue weighted by Gasteiger charge is 2.41. The summed E-state index contributed by atoms with van der Waals surface area (Å²) in [5.74, 6) is -1.79. The molecule has 0 saturated carbocycles. The van der Waals surface area contributed by atoms with Crippen molar-refractivity contribution >= 4 is 50.8 Å². The maximum atomic E-state index is 13.4. The van der Waals surface area contributed by atoms with Crippen LogP contribution in [0, 0.1) is 5.41 Å². The molecule has 0 spiro atoms. The molecule has 2 N–H and O–H groups in total. The second kappa shape index (κ2) is 15.4. The number of carbonyl (C=O) groups is 4. The van der Waals surface area contributed by atoms with E-state index in [2.05, 4.69) is 71.6 Å². The van der Waals surface area contributed by atoms with E-state index in [-0.39, 0.29) is 42.5 Å². The number of fused-ring (bicyclic) bond motifs is 2. The summed E-state index contributed by atoms with van der Waals surface area (Å²) in [5, 5.41) is 8.91. The molecule has 276 valence electrons. The molecule has 1 fully saturated rings. The molecule has 12 nitrogen and oxygen atoms in total. The minimum Gasteiger partial charge on any atom is -0.481 e. The molecule has 0 bridgehead atoms. The zero-order chi connectivity index (χ0) is 37.9. The molecular weight excluding hydrogens is 674 g/mol. The van der Waals surface area contributed by atoms with Gasteiger partial charge in [0.25, 0.3) is 21.9 Å². The summed E-state index contributed by atoms with van der Waals surface area (Å²) in [5.41, 5.74) is 4.34. The lowest BCUT2D eigenvalue weighted by Crippen LogP contribution is -2.56. The van der Waals surface area contributed by atoms with Crippen LogP contribution in [-0.2, 0) is 24.5 Å². The van der Waals surface area contributed by atoms with Crippen LogP contribution < -0.4 is 9.64 Å². The summed E-state index contributed by atoms with van der Waals surface area (Å²) in [6.07, 6.45) is 11.5. The second-order valence-corrected chi connectivity index (χ2v) is 16.2. The van der Waals surface area contributed by atoms with Gasteiger partial charge in [-0.05, 0) is 76.3 Å². The zero-order valence-corrected chi connectivity index (χ0v) is 31.3. The van der Waals surface area contributed by atoms with Crippen LogP contribution in [0.2, 0.25) is 0 Å². The number of nitrogens with zero attached hydrogens (tertiary/aromatic N) is 3. The molecule has 51 heavy (non-hydrogen) atoms. The van der Waals surface area contributed by atoms with Gasteiger partial charge in [0.1, 0.15) is 17.1 Å². The fourth-order valence-electron chi connectivity index (χ4n) is 6.54. The molecule has 0 radical (unpaired) electrons. The number of carbonyl (C=O) groups excluding carboxylic acids is 3. The number of anilines is 1. The Bertz CT molecular complexity index is 1860. The van der Waals surface area contributed by atoms with Gasteiger partial charge in [0.2, 0.25) is 0 Å². The molecule has 0 unspecified atom stereocenters. The normalized spacial score (nSPS) is 19.4. The minimum absolute atomic E-state index is 0.0492. The van der Waals surface area contributed by atoms with Gasteiger partial charge in [0, 0.05) is 54.4 Å². The number of carboxylic acids is 1. The maximum absolute atomic E-state index is 13.4. The average Bonchev–Trinajstić information content (AvgIpc) is 3.01. The van der Waals surface area contributed by atoms with Crippen molar-refractivity contribution in [3.63, 3.8) is 0 Å². The van der Waals surface area contributed by atoms with Crippen molar-refractivity contribution in [2.24, 2.45) is 5.41 Å². The van der Waals surface area contributed by atoms with Crippen LogP contribution in [0.1, 0.15) is 91.7 Å². The fourth-order valence-corrected chi connectivity index (χ4v) is 7.04. The number of amides is 4. The smallest absolute Gasteiger partial charge is 0.333 e. The number of likely N-dealkylation sites (N-methyl/N-ethyl adjacent to an activating group) is 1. The van der Waals surface area contributed by atoms with Crippen molar-refractivity contribution in [1.29, 1.82) is 0 Å². The summed E-state index contributed by atoms with van der Waals surface area (Å²) in [6.45, 7) is 15.2. The third-order valence-electron chi connectivity index (χ3n) is 9.07. The van der Waals surface area contributed by atoms with Crippen LogP contribution in [0.3, 0.4) is 0 Å². The number of barbiturate groups is 1. The highest BCUT2D eigenvalue weighted by molar-refractivity contribution is 7.85. The van der Waals surface area contributed by atoms with E-state index in [1.54, 1.807) is 12.2 Å². The highest BCUT2D eigenvalue weighted by Crippen LogP contribution is 2.47. The molecule has 1 aromatic carbocycles. The Balaban J connectivity index is 1.69. The Morgan fingerprint density at radius 1 is 0.941 bits per heavy atom. The third-order valence-corrected chi connectivity index (χ3v) is 9.88. The lowest BCUT2D eigenvalue weighted by molar-refractivity contribution is -0.138. The van der Waals surface area contributed by atoms with Crippen LogP contribution in [0.5, 0.6) is 5.75 Å². The van der Waals surface area contributed by atoms with Gasteiger partial charge >= 0.3 is 12.0 Å². The molecule has 0 aromatic heterocycles.